The Morgan fingerprint density at radius 1 is 1.16 bits per heavy atom. The molecule has 0 aromatic heterocycles. The average Bonchev–Trinajstić information content (AvgIpc) is 2.34. The second kappa shape index (κ2) is 7.16. The Labute approximate surface area is 118 Å². The third-order valence-electron chi connectivity index (χ3n) is 2.22. The molecule has 0 saturated heterocycles. The fourth-order valence-electron chi connectivity index (χ4n) is 1.27. The van der Waals surface area contributed by atoms with E-state index >= 15 is 0 Å². The minimum atomic E-state index is -1.24. The molecule has 0 spiro atoms. The molecular weight excluding hydrogens is 292 g/mol. The molecule has 2 N–H and O–H groups in total. The van der Waals surface area contributed by atoms with Crippen LogP contribution in [0.1, 0.15) is 16.8 Å². The highest BCUT2D eigenvalue weighted by Crippen LogP contribution is 2.18. The third kappa shape index (κ3) is 5.32. The van der Waals surface area contributed by atoms with Gasteiger partial charge in [0.15, 0.2) is 5.78 Å². The van der Waals surface area contributed by atoms with Crippen molar-refractivity contribution in [1.82, 2.24) is 0 Å². The van der Waals surface area contributed by atoms with Crippen LogP contribution in [-0.2, 0) is 9.59 Å². The van der Waals surface area contributed by atoms with Crippen LogP contribution in [0, 0.1) is 0 Å². The van der Waals surface area contributed by atoms with E-state index in [9.17, 15) is 14.4 Å². The number of carboxylic acids is 2. The van der Waals surface area contributed by atoms with Crippen molar-refractivity contribution in [3.05, 3.63) is 34.9 Å². The van der Waals surface area contributed by atoms with Crippen LogP contribution in [0.2, 0.25) is 5.02 Å². The lowest BCUT2D eigenvalue weighted by Crippen LogP contribution is -2.22. The molecule has 1 atom stereocenters. The van der Waals surface area contributed by atoms with E-state index in [1.165, 1.54) is 12.1 Å². The highest BCUT2D eigenvalue weighted by molar-refractivity contribution is 8.01. The average molecular weight is 303 g/mol. The summed E-state index contributed by atoms with van der Waals surface area (Å²) in [6, 6.07) is 6.20. The SMILES string of the molecule is O=C(O)CC(SCC(=O)c1ccc(Cl)cc1)C(=O)O. The van der Waals surface area contributed by atoms with Crippen LogP contribution in [0.5, 0.6) is 0 Å². The molecule has 5 nitrogen and oxygen atoms in total. The summed E-state index contributed by atoms with van der Waals surface area (Å²) in [5.41, 5.74) is 0.413. The quantitative estimate of drug-likeness (QED) is 0.750. The van der Waals surface area contributed by atoms with Gasteiger partial charge in [-0.3, -0.25) is 14.4 Å². The van der Waals surface area contributed by atoms with Gasteiger partial charge in [0.25, 0.3) is 0 Å². The Bertz CT molecular complexity index is 485. The summed E-state index contributed by atoms with van der Waals surface area (Å²) in [7, 11) is 0. The molecule has 7 heteroatoms. The zero-order valence-corrected chi connectivity index (χ0v) is 11.3. The summed E-state index contributed by atoms with van der Waals surface area (Å²) >= 11 is 6.49. The number of carbonyl (C=O) groups is 3. The van der Waals surface area contributed by atoms with Crippen molar-refractivity contribution in [3.63, 3.8) is 0 Å². The molecule has 0 bridgehead atoms. The second-order valence-electron chi connectivity index (χ2n) is 3.67. The predicted octanol–water partition coefficient (Wildman–Crippen LogP) is 2.18. The van der Waals surface area contributed by atoms with Crippen LogP contribution in [0.15, 0.2) is 24.3 Å². The second-order valence-corrected chi connectivity index (χ2v) is 5.29. The summed E-state index contributed by atoms with van der Waals surface area (Å²) in [5, 5.41) is 16.8. The number of carboxylic acid groups (broad SMARTS) is 2. The maximum Gasteiger partial charge on any atom is 0.317 e. The lowest BCUT2D eigenvalue weighted by molar-refractivity contribution is -0.142. The zero-order valence-electron chi connectivity index (χ0n) is 9.71. The number of ketones is 1. The van der Waals surface area contributed by atoms with Gasteiger partial charge in [0, 0.05) is 10.6 Å². The Morgan fingerprint density at radius 3 is 2.21 bits per heavy atom. The predicted molar refractivity (Wildman–Crippen MR) is 71.9 cm³/mol. The molecule has 1 aromatic carbocycles. The van der Waals surface area contributed by atoms with Crippen LogP contribution in [0.25, 0.3) is 0 Å². The molecule has 1 unspecified atom stereocenters. The summed E-state index contributed by atoms with van der Waals surface area (Å²) in [4.78, 5) is 33.1. The molecule has 0 heterocycles. The van der Waals surface area contributed by atoms with Crippen molar-refractivity contribution in [3.8, 4) is 0 Å². The standard InChI is InChI=1S/C12H11ClO5S/c13-8-3-1-7(2-4-8)9(14)6-19-10(12(17)18)5-11(15)16/h1-4,10H,5-6H2,(H,15,16)(H,17,18). The number of Topliss-reactive ketones (excluding diaryl/α,β-unsaturated/α-hetero) is 1. The van der Waals surface area contributed by atoms with E-state index in [4.69, 9.17) is 21.8 Å². The van der Waals surface area contributed by atoms with E-state index in [2.05, 4.69) is 0 Å². The number of hydrogen-bond acceptors (Lipinski definition) is 4. The number of thioether (sulfide) groups is 1. The Kier molecular flexibility index (Phi) is 5.85. The fraction of sp³-hybridized carbons (Fsp3) is 0.250. The number of aliphatic carboxylic acids is 2. The van der Waals surface area contributed by atoms with Crippen molar-refractivity contribution in [2.75, 3.05) is 5.75 Å². The van der Waals surface area contributed by atoms with E-state index in [0.717, 1.165) is 11.8 Å². The van der Waals surface area contributed by atoms with E-state index in [1.807, 2.05) is 0 Å². The smallest absolute Gasteiger partial charge is 0.317 e. The van der Waals surface area contributed by atoms with E-state index in [0.29, 0.717) is 10.6 Å². The molecule has 19 heavy (non-hydrogen) atoms. The van der Waals surface area contributed by atoms with Crippen molar-refractivity contribution < 1.29 is 24.6 Å². The number of hydrogen-bond donors (Lipinski definition) is 2. The Balaban J connectivity index is 2.59. The first-order chi connectivity index (χ1) is 8.90. The van der Waals surface area contributed by atoms with E-state index in [-0.39, 0.29) is 11.5 Å². The van der Waals surface area contributed by atoms with Crippen molar-refractivity contribution in [2.45, 2.75) is 11.7 Å². The largest absolute Gasteiger partial charge is 0.481 e. The topological polar surface area (TPSA) is 91.7 Å². The molecule has 0 aliphatic carbocycles. The molecule has 1 rings (SSSR count). The summed E-state index contributed by atoms with van der Waals surface area (Å²) in [5.74, 6) is -2.81. The molecule has 0 fully saturated rings. The lowest BCUT2D eigenvalue weighted by Gasteiger charge is -2.08. The van der Waals surface area contributed by atoms with Crippen LogP contribution in [0.4, 0.5) is 0 Å². The van der Waals surface area contributed by atoms with Crippen molar-refractivity contribution in [2.24, 2.45) is 0 Å². The molecule has 0 aliphatic heterocycles. The zero-order chi connectivity index (χ0) is 14.4. The van der Waals surface area contributed by atoms with Crippen LogP contribution >= 0.6 is 23.4 Å². The van der Waals surface area contributed by atoms with Crippen molar-refractivity contribution in [1.29, 1.82) is 0 Å². The number of halogens is 1. The maximum absolute atomic E-state index is 11.8. The van der Waals surface area contributed by atoms with Gasteiger partial charge in [0.2, 0.25) is 0 Å². The summed E-state index contributed by atoms with van der Waals surface area (Å²) in [6.45, 7) is 0. The molecule has 1 aromatic rings. The van der Waals surface area contributed by atoms with Gasteiger partial charge >= 0.3 is 11.9 Å². The highest BCUT2D eigenvalue weighted by Gasteiger charge is 2.22. The highest BCUT2D eigenvalue weighted by atomic mass is 35.5. The van der Waals surface area contributed by atoms with Gasteiger partial charge in [-0.1, -0.05) is 11.6 Å². The fourth-order valence-corrected chi connectivity index (χ4v) is 2.32. The Morgan fingerprint density at radius 2 is 1.74 bits per heavy atom. The molecule has 102 valence electrons. The van der Waals surface area contributed by atoms with Gasteiger partial charge in [0.1, 0.15) is 5.25 Å². The Hall–Kier alpha value is -1.53. The number of benzene rings is 1. The lowest BCUT2D eigenvalue weighted by atomic mass is 10.1. The minimum absolute atomic E-state index is 0.0914. The monoisotopic (exact) mass is 302 g/mol. The summed E-state index contributed by atoms with van der Waals surface area (Å²) in [6.07, 6.45) is -0.520. The molecule has 0 radical (unpaired) electrons. The van der Waals surface area contributed by atoms with Gasteiger partial charge in [-0.2, -0.15) is 0 Å². The van der Waals surface area contributed by atoms with Crippen LogP contribution < -0.4 is 0 Å². The van der Waals surface area contributed by atoms with Gasteiger partial charge in [0.05, 0.1) is 12.2 Å². The number of carbonyl (C=O) groups excluding carboxylic acids is 1. The molecular formula is C12H11ClO5S. The van der Waals surface area contributed by atoms with Gasteiger partial charge in [-0.25, -0.2) is 0 Å². The van der Waals surface area contributed by atoms with Crippen LogP contribution in [-0.4, -0.2) is 38.9 Å². The van der Waals surface area contributed by atoms with Gasteiger partial charge in [-0.05, 0) is 24.3 Å². The van der Waals surface area contributed by atoms with E-state index in [1.54, 1.807) is 12.1 Å². The first-order valence-corrected chi connectivity index (χ1v) is 6.68. The molecule has 0 aliphatic rings. The molecule has 0 saturated carbocycles. The van der Waals surface area contributed by atoms with Crippen molar-refractivity contribution >= 4 is 41.1 Å². The van der Waals surface area contributed by atoms with Crippen LogP contribution in [0.3, 0.4) is 0 Å². The van der Waals surface area contributed by atoms with Gasteiger partial charge < -0.3 is 10.2 Å². The minimum Gasteiger partial charge on any atom is -0.481 e. The third-order valence-corrected chi connectivity index (χ3v) is 3.67. The first kappa shape index (κ1) is 15.5. The summed E-state index contributed by atoms with van der Waals surface area (Å²) < 4.78 is 0. The normalized spacial score (nSPS) is 11.8. The first-order valence-electron chi connectivity index (χ1n) is 5.25. The number of rotatable bonds is 7. The maximum atomic E-state index is 11.8. The van der Waals surface area contributed by atoms with E-state index < -0.39 is 23.6 Å². The van der Waals surface area contributed by atoms with Gasteiger partial charge in [-0.15, -0.1) is 11.8 Å². The molecule has 0 amide bonds.